The van der Waals surface area contributed by atoms with E-state index < -0.39 is 11.8 Å². The molecule has 6 nitrogen and oxygen atoms in total. The summed E-state index contributed by atoms with van der Waals surface area (Å²) in [6, 6.07) is 10.3. The van der Waals surface area contributed by atoms with Crippen molar-refractivity contribution in [1.29, 1.82) is 0 Å². The summed E-state index contributed by atoms with van der Waals surface area (Å²) in [6.45, 7) is 0.589. The van der Waals surface area contributed by atoms with E-state index in [9.17, 15) is 9.59 Å². The van der Waals surface area contributed by atoms with E-state index in [0.717, 1.165) is 9.54 Å². The van der Waals surface area contributed by atoms with Gasteiger partial charge in [0.2, 0.25) is 0 Å². The summed E-state index contributed by atoms with van der Waals surface area (Å²) in [5, 5.41) is 3.85. The molecule has 1 N–H and O–H groups in total. The molecule has 112 valence electrons. The normalized spacial score (nSPS) is 13.4. The molecule has 2 aromatic rings. The number of fused-ring (bicyclic) bond motifs is 1. The largest absolute Gasteiger partial charge is 0.368 e. The Balaban J connectivity index is 1.54. The molecule has 1 aliphatic heterocycles. The van der Waals surface area contributed by atoms with Crippen molar-refractivity contribution in [2.24, 2.45) is 0 Å². The van der Waals surface area contributed by atoms with Crippen molar-refractivity contribution in [3.8, 4) is 0 Å². The number of hydroxylamine groups is 2. The van der Waals surface area contributed by atoms with Crippen LogP contribution in [0, 0.1) is 0 Å². The number of carbonyl (C=O) groups excluding carboxylic acids is 2. The average Bonchev–Trinajstić information content (AvgIpc) is 2.78. The van der Waals surface area contributed by atoms with Crippen LogP contribution in [0.25, 0.3) is 0 Å². The zero-order chi connectivity index (χ0) is 15.5. The van der Waals surface area contributed by atoms with Crippen LogP contribution in [0.15, 0.2) is 47.1 Å². The molecule has 0 aliphatic carbocycles. The van der Waals surface area contributed by atoms with Gasteiger partial charge in [0.25, 0.3) is 11.8 Å². The van der Waals surface area contributed by atoms with Crippen LogP contribution in [0.2, 0.25) is 0 Å². The van der Waals surface area contributed by atoms with E-state index in [2.05, 4.69) is 26.2 Å². The highest BCUT2D eigenvalue weighted by Crippen LogP contribution is 2.22. The molecule has 22 heavy (non-hydrogen) atoms. The minimum atomic E-state index is -0.428. The first kappa shape index (κ1) is 14.7. The van der Waals surface area contributed by atoms with Gasteiger partial charge >= 0.3 is 0 Å². The van der Waals surface area contributed by atoms with Crippen LogP contribution in [0.5, 0.6) is 0 Å². The van der Waals surface area contributed by atoms with Gasteiger partial charge < -0.3 is 5.32 Å². The fourth-order valence-electron chi connectivity index (χ4n) is 2.08. The molecule has 1 aliphatic rings. The molecule has 0 bridgehead atoms. The van der Waals surface area contributed by atoms with Crippen LogP contribution >= 0.6 is 15.9 Å². The third-order valence-electron chi connectivity index (χ3n) is 3.11. The summed E-state index contributed by atoms with van der Waals surface area (Å²) in [7, 11) is 0. The molecule has 3 rings (SSSR count). The molecular weight excluding hydrogens is 350 g/mol. The molecule has 0 unspecified atom stereocenters. The molecule has 1 aromatic heterocycles. The van der Waals surface area contributed by atoms with Crippen LogP contribution in [-0.4, -0.2) is 35.0 Å². The minimum absolute atomic E-state index is 0.170. The fraction of sp³-hybridized carbons (Fsp3) is 0.133. The molecule has 0 saturated heterocycles. The lowest BCUT2D eigenvalue weighted by Crippen LogP contribution is -2.31. The number of nitrogens with one attached hydrogen (secondary N) is 1. The van der Waals surface area contributed by atoms with Crippen LogP contribution in [0.4, 0.5) is 5.82 Å². The lowest BCUT2D eigenvalue weighted by atomic mass is 10.1. The van der Waals surface area contributed by atoms with Gasteiger partial charge in [-0.3, -0.25) is 14.4 Å². The maximum absolute atomic E-state index is 12.1. The highest BCUT2D eigenvalue weighted by atomic mass is 79.9. The number of anilines is 1. The second-order valence-electron chi connectivity index (χ2n) is 4.57. The Morgan fingerprint density at radius 3 is 2.36 bits per heavy atom. The standard InChI is InChI=1S/C15H12BrN3O3/c16-10-5-6-13(18-9-10)17-7-8-22-19-14(20)11-3-1-2-4-12(11)15(19)21/h1-6,9H,7-8H2,(H,17,18). The van der Waals surface area contributed by atoms with Crippen molar-refractivity contribution in [2.45, 2.75) is 0 Å². The Morgan fingerprint density at radius 2 is 1.77 bits per heavy atom. The molecular formula is C15H12BrN3O3. The molecule has 2 amide bonds. The Kier molecular flexibility index (Phi) is 4.17. The number of halogens is 1. The van der Waals surface area contributed by atoms with E-state index >= 15 is 0 Å². The summed E-state index contributed by atoms with van der Waals surface area (Å²) in [5.74, 6) is -0.168. The number of rotatable bonds is 5. The van der Waals surface area contributed by atoms with Gasteiger partial charge in [0.15, 0.2) is 0 Å². The van der Waals surface area contributed by atoms with Crippen molar-refractivity contribution in [2.75, 3.05) is 18.5 Å². The number of hydrogen-bond donors (Lipinski definition) is 1. The molecule has 2 heterocycles. The van der Waals surface area contributed by atoms with Crippen molar-refractivity contribution < 1.29 is 14.4 Å². The molecule has 0 radical (unpaired) electrons. The van der Waals surface area contributed by atoms with Crippen molar-refractivity contribution in [1.82, 2.24) is 10.0 Å². The third-order valence-corrected chi connectivity index (χ3v) is 3.58. The zero-order valence-electron chi connectivity index (χ0n) is 11.5. The first-order valence-corrected chi connectivity index (χ1v) is 7.42. The second-order valence-corrected chi connectivity index (χ2v) is 5.49. The van der Waals surface area contributed by atoms with Crippen molar-refractivity contribution in [3.63, 3.8) is 0 Å². The Labute approximate surface area is 135 Å². The van der Waals surface area contributed by atoms with E-state index in [1.54, 1.807) is 30.5 Å². The average molecular weight is 362 g/mol. The van der Waals surface area contributed by atoms with Gasteiger partial charge in [0.05, 0.1) is 17.7 Å². The summed E-state index contributed by atoms with van der Waals surface area (Å²) >= 11 is 3.30. The summed E-state index contributed by atoms with van der Waals surface area (Å²) in [5.41, 5.74) is 0.741. The van der Waals surface area contributed by atoms with E-state index in [1.807, 2.05) is 12.1 Å². The summed E-state index contributed by atoms with van der Waals surface area (Å²) in [6.07, 6.45) is 1.67. The smallest absolute Gasteiger partial charge is 0.285 e. The Hall–Kier alpha value is -2.25. The maximum atomic E-state index is 12.1. The summed E-state index contributed by atoms with van der Waals surface area (Å²) < 4.78 is 0.889. The number of imide groups is 1. The van der Waals surface area contributed by atoms with E-state index in [-0.39, 0.29) is 6.61 Å². The van der Waals surface area contributed by atoms with E-state index in [1.165, 1.54) is 0 Å². The first-order chi connectivity index (χ1) is 10.7. The monoisotopic (exact) mass is 361 g/mol. The minimum Gasteiger partial charge on any atom is -0.368 e. The molecule has 0 fully saturated rings. The van der Waals surface area contributed by atoms with Gasteiger partial charge in [0, 0.05) is 17.2 Å². The maximum Gasteiger partial charge on any atom is 0.285 e. The summed E-state index contributed by atoms with van der Waals surface area (Å²) in [4.78, 5) is 33.5. The Morgan fingerprint density at radius 1 is 1.09 bits per heavy atom. The highest BCUT2D eigenvalue weighted by molar-refractivity contribution is 9.10. The van der Waals surface area contributed by atoms with Gasteiger partial charge in [-0.2, -0.15) is 0 Å². The van der Waals surface area contributed by atoms with E-state index in [0.29, 0.717) is 23.5 Å². The number of pyridine rings is 1. The predicted molar refractivity (Wildman–Crippen MR) is 83.3 cm³/mol. The number of carbonyl (C=O) groups is 2. The fourth-order valence-corrected chi connectivity index (χ4v) is 2.32. The molecule has 0 spiro atoms. The van der Waals surface area contributed by atoms with E-state index in [4.69, 9.17) is 4.84 Å². The van der Waals surface area contributed by atoms with Crippen molar-refractivity contribution in [3.05, 3.63) is 58.2 Å². The van der Waals surface area contributed by atoms with Crippen LogP contribution in [0.1, 0.15) is 20.7 Å². The zero-order valence-corrected chi connectivity index (χ0v) is 13.0. The lowest BCUT2D eigenvalue weighted by Gasteiger charge is -2.13. The number of aromatic nitrogens is 1. The molecule has 7 heteroatoms. The van der Waals surface area contributed by atoms with Crippen LogP contribution in [-0.2, 0) is 4.84 Å². The van der Waals surface area contributed by atoms with Gasteiger partial charge in [0.1, 0.15) is 5.82 Å². The van der Waals surface area contributed by atoms with Gasteiger partial charge in [-0.15, -0.1) is 5.06 Å². The lowest BCUT2D eigenvalue weighted by molar-refractivity contribution is -0.0874. The van der Waals surface area contributed by atoms with Crippen molar-refractivity contribution >= 4 is 33.6 Å². The SMILES string of the molecule is O=C1c2ccccc2C(=O)N1OCCNc1ccc(Br)cn1. The molecule has 0 atom stereocenters. The molecule has 1 aromatic carbocycles. The van der Waals surface area contributed by atoms with Crippen LogP contribution in [0.3, 0.4) is 0 Å². The van der Waals surface area contributed by atoms with Crippen LogP contribution < -0.4 is 5.32 Å². The predicted octanol–water partition coefficient (Wildman–Crippen LogP) is 2.48. The van der Waals surface area contributed by atoms with Gasteiger partial charge in [-0.1, -0.05) is 12.1 Å². The Bertz CT molecular complexity index is 683. The van der Waals surface area contributed by atoms with Gasteiger partial charge in [-0.05, 0) is 40.2 Å². The number of benzene rings is 1. The topological polar surface area (TPSA) is 71.5 Å². The first-order valence-electron chi connectivity index (χ1n) is 6.63. The highest BCUT2D eigenvalue weighted by Gasteiger charge is 2.36. The third kappa shape index (κ3) is 2.86. The number of amides is 2. The number of hydrogen-bond acceptors (Lipinski definition) is 5. The second kappa shape index (κ2) is 6.25. The number of nitrogens with zero attached hydrogens (tertiary/aromatic N) is 2. The quantitative estimate of drug-likeness (QED) is 0.654. The van der Waals surface area contributed by atoms with Gasteiger partial charge in [-0.25, -0.2) is 4.98 Å². The molecule has 0 saturated carbocycles.